The summed E-state index contributed by atoms with van der Waals surface area (Å²) in [5.74, 6) is 0. The Kier molecular flexibility index (Phi) is 5.69. The second-order valence-electron chi connectivity index (χ2n) is 15.9. The summed E-state index contributed by atoms with van der Waals surface area (Å²) >= 11 is 0. The average Bonchev–Trinajstić information content (AvgIpc) is 3.73. The molecule has 246 valence electrons. The first-order valence-corrected chi connectivity index (χ1v) is 18.2. The minimum absolute atomic E-state index is 0.0785. The minimum atomic E-state index is -0.0785. The van der Waals surface area contributed by atoms with Gasteiger partial charge in [0.25, 0.3) is 6.71 Å². The van der Waals surface area contributed by atoms with E-state index in [1.165, 1.54) is 39.8 Å². The zero-order valence-electron chi connectivity index (χ0n) is 29.3. The quantitative estimate of drug-likeness (QED) is 0.173. The molecule has 0 spiro atoms. The van der Waals surface area contributed by atoms with Crippen LogP contribution in [0, 0.1) is 0 Å². The highest BCUT2D eigenvalue weighted by Crippen LogP contribution is 2.51. The summed E-state index contributed by atoms with van der Waals surface area (Å²) in [6, 6.07) is 46.2. The van der Waals surface area contributed by atoms with Crippen LogP contribution in [0.4, 0.5) is 34.1 Å². The lowest BCUT2D eigenvalue weighted by Gasteiger charge is -2.44. The maximum Gasteiger partial charge on any atom is 0.297 e. The molecule has 0 saturated carbocycles. The minimum Gasteiger partial charge on any atom is -0.468 e. The summed E-state index contributed by atoms with van der Waals surface area (Å²) in [6.45, 7) is 9.54. The summed E-state index contributed by atoms with van der Waals surface area (Å²) in [7, 11) is 0. The molecule has 5 heteroatoms. The number of para-hydroxylation sites is 4. The molecule has 4 heterocycles. The topological polar surface area (TPSA) is 32.8 Å². The van der Waals surface area contributed by atoms with Gasteiger partial charge in [-0.15, -0.1) is 0 Å². The normalized spacial score (nSPS) is 16.7. The van der Waals surface area contributed by atoms with Gasteiger partial charge in [-0.25, -0.2) is 0 Å². The zero-order valence-corrected chi connectivity index (χ0v) is 29.3. The van der Waals surface area contributed by atoms with Gasteiger partial charge in [0.2, 0.25) is 0 Å². The van der Waals surface area contributed by atoms with E-state index in [2.05, 4.69) is 159 Å². The zero-order chi connectivity index (χ0) is 34.2. The van der Waals surface area contributed by atoms with Crippen molar-refractivity contribution in [1.29, 1.82) is 0 Å². The molecule has 0 fully saturated rings. The van der Waals surface area contributed by atoms with E-state index in [9.17, 15) is 0 Å². The highest BCUT2D eigenvalue weighted by molar-refractivity contribution is 7.00. The molecule has 0 atom stereocenters. The fourth-order valence-electron chi connectivity index (χ4n) is 9.47. The number of rotatable bonds is 2. The molecule has 4 nitrogen and oxygen atoms in total. The Hall–Kier alpha value is -5.68. The second-order valence-corrected chi connectivity index (χ2v) is 15.9. The van der Waals surface area contributed by atoms with Crippen molar-refractivity contribution in [2.75, 3.05) is 9.80 Å². The van der Waals surface area contributed by atoms with Crippen LogP contribution >= 0.6 is 0 Å². The lowest BCUT2D eigenvalue weighted by Crippen LogP contribution is -2.60. The Morgan fingerprint density at radius 1 is 0.529 bits per heavy atom. The third-order valence-corrected chi connectivity index (χ3v) is 12.1. The van der Waals surface area contributed by atoms with Crippen molar-refractivity contribution in [3.8, 4) is 0 Å². The summed E-state index contributed by atoms with van der Waals surface area (Å²) in [6.07, 6.45) is 2.35. The van der Waals surface area contributed by atoms with Crippen molar-refractivity contribution >= 4 is 90.3 Å². The molecule has 0 saturated heterocycles. The van der Waals surface area contributed by atoms with Crippen LogP contribution in [0.2, 0.25) is 0 Å². The van der Waals surface area contributed by atoms with Crippen LogP contribution in [0.3, 0.4) is 0 Å². The van der Waals surface area contributed by atoms with E-state index in [-0.39, 0.29) is 17.5 Å². The maximum absolute atomic E-state index is 7.01. The molecular formula is C46H37BN2O2. The van der Waals surface area contributed by atoms with Crippen LogP contribution < -0.4 is 26.4 Å². The molecule has 51 heavy (non-hydrogen) atoms. The number of nitrogens with zero attached hydrogens (tertiary/aromatic N) is 2. The van der Waals surface area contributed by atoms with Crippen LogP contribution in [-0.2, 0) is 10.8 Å². The van der Waals surface area contributed by atoms with Gasteiger partial charge in [0.1, 0.15) is 11.2 Å². The predicted molar refractivity (Wildman–Crippen MR) is 213 cm³/mol. The van der Waals surface area contributed by atoms with Crippen molar-refractivity contribution in [2.24, 2.45) is 0 Å². The van der Waals surface area contributed by atoms with Crippen molar-refractivity contribution in [2.45, 2.75) is 51.4 Å². The molecule has 2 aliphatic heterocycles. The average molecular weight is 661 g/mol. The molecule has 0 radical (unpaired) electrons. The molecule has 0 N–H and O–H groups in total. The summed E-state index contributed by atoms with van der Waals surface area (Å²) in [5.41, 5.74) is 16.1. The van der Waals surface area contributed by atoms with Gasteiger partial charge in [-0.2, -0.15) is 0 Å². The maximum atomic E-state index is 7.01. The third-order valence-electron chi connectivity index (χ3n) is 12.1. The smallest absolute Gasteiger partial charge is 0.297 e. The molecule has 11 rings (SSSR count). The van der Waals surface area contributed by atoms with Crippen LogP contribution in [-0.4, -0.2) is 6.71 Å². The highest BCUT2D eigenvalue weighted by atomic mass is 16.3. The Labute approximate surface area is 298 Å². The van der Waals surface area contributed by atoms with E-state index >= 15 is 0 Å². The van der Waals surface area contributed by atoms with E-state index in [0.717, 1.165) is 67.7 Å². The number of anilines is 6. The molecule has 0 amide bonds. The molecule has 0 bridgehead atoms. The fraction of sp³-hybridized carbons (Fsp3) is 0.174. The van der Waals surface area contributed by atoms with Gasteiger partial charge in [-0.1, -0.05) is 100 Å². The summed E-state index contributed by atoms with van der Waals surface area (Å²) in [5, 5.41) is 3.38. The van der Waals surface area contributed by atoms with Crippen LogP contribution in [0.25, 0.3) is 32.9 Å². The summed E-state index contributed by atoms with van der Waals surface area (Å²) in [4.78, 5) is 4.90. The lowest BCUT2D eigenvalue weighted by atomic mass is 9.35. The molecule has 0 unspecified atom stereocenters. The van der Waals surface area contributed by atoms with Crippen molar-refractivity contribution in [3.63, 3.8) is 0 Å². The third kappa shape index (κ3) is 3.87. The predicted octanol–water partition coefficient (Wildman–Crippen LogP) is 10.8. The monoisotopic (exact) mass is 660 g/mol. The molecule has 1 aliphatic carbocycles. The van der Waals surface area contributed by atoms with Crippen LogP contribution in [0.1, 0.15) is 51.7 Å². The number of fused-ring (bicyclic) bond motifs is 10. The molecule has 3 aliphatic rings. The second kappa shape index (κ2) is 9.98. The van der Waals surface area contributed by atoms with Gasteiger partial charge in [0.05, 0.1) is 17.0 Å². The van der Waals surface area contributed by atoms with Crippen molar-refractivity contribution in [3.05, 3.63) is 139 Å². The first kappa shape index (κ1) is 29.1. The number of benzene rings is 6. The van der Waals surface area contributed by atoms with Crippen molar-refractivity contribution < 1.29 is 8.83 Å². The first-order valence-electron chi connectivity index (χ1n) is 18.2. The standard InChI is InChI=1S/C46H37BN2O2/c1-45(2)25-26-46(3,4)33-27-28(23-24-32(33)45)48-36-18-12-19-37-41(36)47(44-42(48)31-14-6-10-22-40(31)51-44)34-16-7-8-17-35(34)49(37)38-20-11-15-30-29-13-5-9-21-39(29)50-43(30)38/h5-24,27H,25-26H2,1-4H3. The molecule has 6 aromatic carbocycles. The SMILES string of the molecule is CC1(C)CCC(C)(C)c2cc(N3c4cccc5c4B(c4ccccc4N5c4cccc5c4oc4ccccc45)c4oc5ccccc5c43)ccc21. The lowest BCUT2D eigenvalue weighted by molar-refractivity contribution is 0.332. The first-order chi connectivity index (χ1) is 24.8. The number of furan rings is 2. The van der Waals surface area contributed by atoms with Gasteiger partial charge in [-0.3, -0.25) is 0 Å². The van der Waals surface area contributed by atoms with Gasteiger partial charge in [0.15, 0.2) is 5.58 Å². The molecule has 2 aromatic heterocycles. The Morgan fingerprint density at radius 3 is 1.96 bits per heavy atom. The Morgan fingerprint density at radius 2 is 1.14 bits per heavy atom. The molecule has 8 aromatic rings. The van der Waals surface area contributed by atoms with Gasteiger partial charge < -0.3 is 18.6 Å². The van der Waals surface area contributed by atoms with Crippen LogP contribution in [0.15, 0.2) is 136 Å². The Balaban J connectivity index is 1.22. The summed E-state index contributed by atoms with van der Waals surface area (Å²) < 4.78 is 13.7. The van der Waals surface area contributed by atoms with E-state index in [1.54, 1.807) is 0 Å². The van der Waals surface area contributed by atoms with E-state index < -0.39 is 0 Å². The van der Waals surface area contributed by atoms with Crippen molar-refractivity contribution in [1.82, 2.24) is 0 Å². The number of hydrogen-bond donors (Lipinski definition) is 0. The van der Waals surface area contributed by atoms with Gasteiger partial charge >= 0.3 is 0 Å². The van der Waals surface area contributed by atoms with Gasteiger partial charge in [0, 0.05) is 38.9 Å². The number of hydrogen-bond acceptors (Lipinski definition) is 4. The van der Waals surface area contributed by atoms with Crippen LogP contribution in [0.5, 0.6) is 0 Å². The molecular weight excluding hydrogens is 623 g/mol. The van der Waals surface area contributed by atoms with E-state index in [0.29, 0.717) is 0 Å². The van der Waals surface area contributed by atoms with E-state index in [1.807, 2.05) is 6.07 Å². The van der Waals surface area contributed by atoms with E-state index in [4.69, 9.17) is 8.83 Å². The highest BCUT2D eigenvalue weighted by Gasteiger charge is 2.47. The fourth-order valence-corrected chi connectivity index (χ4v) is 9.47. The van der Waals surface area contributed by atoms with Gasteiger partial charge in [-0.05, 0) is 100 Å². The largest absolute Gasteiger partial charge is 0.468 e. The Bertz CT molecular complexity index is 2750.